The van der Waals surface area contributed by atoms with E-state index >= 15 is 0 Å². The summed E-state index contributed by atoms with van der Waals surface area (Å²) in [7, 11) is 3.34. The fourth-order valence-electron chi connectivity index (χ4n) is 1.78. The van der Waals surface area contributed by atoms with Gasteiger partial charge in [0.2, 0.25) is 5.91 Å². The predicted molar refractivity (Wildman–Crippen MR) is 79.3 cm³/mol. The summed E-state index contributed by atoms with van der Waals surface area (Å²) in [5.41, 5.74) is 2.44. The summed E-state index contributed by atoms with van der Waals surface area (Å²) in [6.45, 7) is 4.55. The lowest BCUT2D eigenvalue weighted by Crippen LogP contribution is -2.47. The highest BCUT2D eigenvalue weighted by Crippen LogP contribution is 2.09. The van der Waals surface area contributed by atoms with Crippen molar-refractivity contribution in [1.82, 2.24) is 15.5 Å². The molecule has 2 N–H and O–H groups in total. The van der Waals surface area contributed by atoms with Crippen molar-refractivity contribution in [2.45, 2.75) is 32.9 Å². The van der Waals surface area contributed by atoms with Crippen LogP contribution in [0.5, 0.6) is 0 Å². The Balaban J connectivity index is 2.57. The monoisotopic (exact) mass is 277 g/mol. The number of hydrogen-bond acceptors (Lipinski definition) is 3. The van der Waals surface area contributed by atoms with Crippen molar-refractivity contribution in [3.05, 3.63) is 35.4 Å². The number of likely N-dealkylation sites (N-methyl/N-ethyl adjacent to an activating group) is 1. The molecule has 5 heteroatoms. The van der Waals surface area contributed by atoms with E-state index in [4.69, 9.17) is 0 Å². The maximum atomic E-state index is 11.8. The van der Waals surface area contributed by atoms with Crippen LogP contribution in [0.2, 0.25) is 0 Å². The van der Waals surface area contributed by atoms with E-state index in [1.54, 1.807) is 6.92 Å². The quantitative estimate of drug-likeness (QED) is 0.858. The molecule has 0 unspecified atom stereocenters. The Morgan fingerprint density at radius 1 is 1.20 bits per heavy atom. The maximum Gasteiger partial charge on any atom is 0.321 e. The van der Waals surface area contributed by atoms with E-state index in [0.29, 0.717) is 6.54 Å². The molecule has 1 atom stereocenters. The standard InChI is InChI=1S/C15H23N3O2/c1-5-12-6-8-13(9-7-12)10-18(4)11(2)14(19)17-15(20)16-3/h6-9,11H,5,10H2,1-4H3,(H2,16,17,19,20)/t11-/m1/s1. The van der Waals surface area contributed by atoms with Crippen molar-refractivity contribution in [3.8, 4) is 0 Å². The molecule has 0 saturated carbocycles. The van der Waals surface area contributed by atoms with Crippen molar-refractivity contribution in [2.24, 2.45) is 0 Å². The molecule has 1 aromatic carbocycles. The molecule has 1 aromatic rings. The third-order valence-corrected chi connectivity index (χ3v) is 3.37. The van der Waals surface area contributed by atoms with Crippen LogP contribution in [0.3, 0.4) is 0 Å². The zero-order chi connectivity index (χ0) is 15.1. The molecule has 20 heavy (non-hydrogen) atoms. The molecule has 3 amide bonds. The van der Waals surface area contributed by atoms with E-state index in [0.717, 1.165) is 12.0 Å². The Morgan fingerprint density at radius 2 is 1.75 bits per heavy atom. The van der Waals surface area contributed by atoms with Crippen LogP contribution in [0.1, 0.15) is 25.0 Å². The second-order valence-corrected chi connectivity index (χ2v) is 4.83. The van der Waals surface area contributed by atoms with Gasteiger partial charge in [0, 0.05) is 13.6 Å². The number of carbonyl (C=O) groups excluding carboxylic acids is 2. The van der Waals surface area contributed by atoms with Crippen molar-refractivity contribution in [3.63, 3.8) is 0 Å². The molecule has 110 valence electrons. The number of aryl methyl sites for hydroxylation is 1. The van der Waals surface area contributed by atoms with Gasteiger partial charge >= 0.3 is 6.03 Å². The highest BCUT2D eigenvalue weighted by Gasteiger charge is 2.19. The number of amides is 3. The number of benzene rings is 1. The first kappa shape index (κ1) is 16.2. The summed E-state index contributed by atoms with van der Waals surface area (Å²) >= 11 is 0. The second-order valence-electron chi connectivity index (χ2n) is 4.83. The van der Waals surface area contributed by atoms with Gasteiger partial charge in [0.15, 0.2) is 0 Å². The van der Waals surface area contributed by atoms with Crippen LogP contribution in [0.4, 0.5) is 4.79 Å². The van der Waals surface area contributed by atoms with Crippen LogP contribution in [0.25, 0.3) is 0 Å². The minimum atomic E-state index is -0.484. The number of hydrogen-bond donors (Lipinski definition) is 2. The number of carbonyl (C=O) groups is 2. The average molecular weight is 277 g/mol. The minimum Gasteiger partial charge on any atom is -0.341 e. The zero-order valence-electron chi connectivity index (χ0n) is 12.6. The van der Waals surface area contributed by atoms with Gasteiger partial charge in [-0.05, 0) is 31.5 Å². The van der Waals surface area contributed by atoms with Gasteiger partial charge in [-0.2, -0.15) is 0 Å². The molecule has 0 aliphatic rings. The molecule has 0 bridgehead atoms. The Morgan fingerprint density at radius 3 is 2.25 bits per heavy atom. The molecule has 0 aliphatic carbocycles. The van der Waals surface area contributed by atoms with E-state index in [-0.39, 0.29) is 11.9 Å². The van der Waals surface area contributed by atoms with E-state index < -0.39 is 6.03 Å². The first-order valence-electron chi connectivity index (χ1n) is 6.78. The molecule has 0 radical (unpaired) electrons. The van der Waals surface area contributed by atoms with E-state index in [1.165, 1.54) is 12.6 Å². The van der Waals surface area contributed by atoms with E-state index in [2.05, 4.69) is 41.8 Å². The van der Waals surface area contributed by atoms with Gasteiger partial charge in [0.05, 0.1) is 6.04 Å². The zero-order valence-corrected chi connectivity index (χ0v) is 12.6. The predicted octanol–water partition coefficient (Wildman–Crippen LogP) is 1.52. The van der Waals surface area contributed by atoms with E-state index in [1.807, 2.05) is 11.9 Å². The third kappa shape index (κ3) is 4.66. The lowest BCUT2D eigenvalue weighted by Gasteiger charge is -2.23. The smallest absolute Gasteiger partial charge is 0.321 e. The maximum absolute atomic E-state index is 11.8. The van der Waals surface area contributed by atoms with E-state index in [9.17, 15) is 9.59 Å². The van der Waals surface area contributed by atoms with Crippen molar-refractivity contribution in [1.29, 1.82) is 0 Å². The molecule has 0 aliphatic heterocycles. The molecule has 0 saturated heterocycles. The molecule has 0 spiro atoms. The fraction of sp³-hybridized carbons (Fsp3) is 0.467. The van der Waals surface area contributed by atoms with Gasteiger partial charge in [-0.15, -0.1) is 0 Å². The molecular weight excluding hydrogens is 254 g/mol. The number of rotatable bonds is 5. The number of imide groups is 1. The van der Waals surface area contributed by atoms with Crippen LogP contribution in [0.15, 0.2) is 24.3 Å². The average Bonchev–Trinajstić information content (AvgIpc) is 2.46. The second kappa shape index (κ2) is 7.65. The normalized spacial score (nSPS) is 12.1. The van der Waals surface area contributed by atoms with Crippen molar-refractivity contribution in [2.75, 3.05) is 14.1 Å². The Hall–Kier alpha value is -1.88. The Labute approximate surface area is 120 Å². The molecule has 5 nitrogen and oxygen atoms in total. The Kier molecular flexibility index (Phi) is 6.18. The summed E-state index contributed by atoms with van der Waals surface area (Å²) in [6, 6.07) is 7.47. The number of nitrogens with one attached hydrogen (secondary N) is 2. The van der Waals surface area contributed by atoms with Gasteiger partial charge in [-0.25, -0.2) is 4.79 Å². The number of urea groups is 1. The van der Waals surface area contributed by atoms with Gasteiger partial charge < -0.3 is 5.32 Å². The van der Waals surface area contributed by atoms with Gasteiger partial charge in [-0.1, -0.05) is 31.2 Å². The molecule has 0 heterocycles. The highest BCUT2D eigenvalue weighted by atomic mass is 16.2. The lowest BCUT2D eigenvalue weighted by atomic mass is 10.1. The van der Waals surface area contributed by atoms with Crippen LogP contribution < -0.4 is 10.6 Å². The largest absolute Gasteiger partial charge is 0.341 e. The van der Waals surface area contributed by atoms with Crippen LogP contribution in [-0.2, 0) is 17.8 Å². The first-order chi connectivity index (χ1) is 9.47. The van der Waals surface area contributed by atoms with Crippen molar-refractivity contribution >= 4 is 11.9 Å². The Bertz CT molecular complexity index is 457. The summed E-state index contributed by atoms with van der Waals surface area (Å²) in [5.74, 6) is -0.308. The van der Waals surface area contributed by atoms with Crippen LogP contribution in [0, 0.1) is 0 Å². The van der Waals surface area contributed by atoms with Crippen molar-refractivity contribution < 1.29 is 9.59 Å². The topological polar surface area (TPSA) is 61.4 Å². The molecule has 0 fully saturated rings. The highest BCUT2D eigenvalue weighted by molar-refractivity contribution is 5.96. The number of nitrogens with zero attached hydrogens (tertiary/aromatic N) is 1. The van der Waals surface area contributed by atoms with Gasteiger partial charge in [0.25, 0.3) is 0 Å². The first-order valence-corrected chi connectivity index (χ1v) is 6.78. The molecule has 1 rings (SSSR count). The van der Waals surface area contributed by atoms with Crippen LogP contribution in [-0.4, -0.2) is 37.0 Å². The van der Waals surface area contributed by atoms with Crippen LogP contribution >= 0.6 is 0 Å². The fourth-order valence-corrected chi connectivity index (χ4v) is 1.78. The SMILES string of the molecule is CCc1ccc(CN(C)[C@H](C)C(=O)NC(=O)NC)cc1. The summed E-state index contributed by atoms with van der Waals surface area (Å²) in [6.07, 6.45) is 1.01. The summed E-state index contributed by atoms with van der Waals surface area (Å²) < 4.78 is 0. The molecule has 0 aromatic heterocycles. The minimum absolute atomic E-state index is 0.308. The summed E-state index contributed by atoms with van der Waals surface area (Å²) in [5, 5.41) is 4.65. The van der Waals surface area contributed by atoms with Gasteiger partial charge in [-0.3, -0.25) is 15.0 Å². The molecular formula is C15H23N3O2. The van der Waals surface area contributed by atoms with Gasteiger partial charge in [0.1, 0.15) is 0 Å². The summed E-state index contributed by atoms with van der Waals surface area (Å²) in [4.78, 5) is 24.8. The lowest BCUT2D eigenvalue weighted by molar-refractivity contribution is -0.124. The third-order valence-electron chi connectivity index (χ3n) is 3.37.